The van der Waals surface area contributed by atoms with Crippen molar-refractivity contribution < 1.29 is 4.39 Å². The Morgan fingerprint density at radius 1 is 1.33 bits per heavy atom. The van der Waals surface area contributed by atoms with Gasteiger partial charge < -0.3 is 11.1 Å². The highest BCUT2D eigenvalue weighted by molar-refractivity contribution is 5.64. The van der Waals surface area contributed by atoms with Crippen LogP contribution in [-0.2, 0) is 13.5 Å². The topological polar surface area (TPSA) is 55.9 Å². The fourth-order valence-electron chi connectivity index (χ4n) is 1.86. The van der Waals surface area contributed by atoms with Crippen LogP contribution in [0.2, 0.25) is 0 Å². The number of nitrogens with one attached hydrogen (secondary N) is 1. The summed E-state index contributed by atoms with van der Waals surface area (Å²) in [4.78, 5) is 0. The monoisotopic (exact) mass is 248 g/mol. The van der Waals surface area contributed by atoms with Gasteiger partial charge in [0.15, 0.2) is 0 Å². The van der Waals surface area contributed by atoms with Crippen molar-refractivity contribution in [3.63, 3.8) is 0 Å². The number of hydrogen-bond acceptors (Lipinski definition) is 3. The largest absolute Gasteiger partial charge is 0.394 e. The SMILES string of the molecule is Cc1nn(C)c(NCCc2ccc(F)cc2)c1N. The Morgan fingerprint density at radius 3 is 2.56 bits per heavy atom. The molecule has 0 saturated heterocycles. The summed E-state index contributed by atoms with van der Waals surface area (Å²) in [6, 6.07) is 6.51. The summed E-state index contributed by atoms with van der Waals surface area (Å²) in [7, 11) is 1.85. The first-order valence-corrected chi connectivity index (χ1v) is 5.85. The van der Waals surface area contributed by atoms with Gasteiger partial charge in [0.05, 0.1) is 11.4 Å². The average Bonchev–Trinajstić information content (AvgIpc) is 2.58. The maximum atomic E-state index is 12.7. The van der Waals surface area contributed by atoms with Crippen molar-refractivity contribution in [1.82, 2.24) is 9.78 Å². The van der Waals surface area contributed by atoms with Crippen LogP contribution in [0.3, 0.4) is 0 Å². The first-order chi connectivity index (χ1) is 8.58. The van der Waals surface area contributed by atoms with E-state index in [4.69, 9.17) is 5.73 Å². The van der Waals surface area contributed by atoms with Crippen LogP contribution in [0.15, 0.2) is 24.3 Å². The van der Waals surface area contributed by atoms with E-state index in [9.17, 15) is 4.39 Å². The molecule has 0 fully saturated rings. The second-order valence-corrected chi connectivity index (χ2v) is 4.27. The first-order valence-electron chi connectivity index (χ1n) is 5.85. The minimum atomic E-state index is -0.210. The molecule has 0 radical (unpaired) electrons. The van der Waals surface area contributed by atoms with Gasteiger partial charge in [-0.3, -0.25) is 4.68 Å². The van der Waals surface area contributed by atoms with E-state index in [2.05, 4.69) is 10.4 Å². The molecule has 5 heteroatoms. The van der Waals surface area contributed by atoms with E-state index in [1.807, 2.05) is 14.0 Å². The molecule has 0 aliphatic carbocycles. The van der Waals surface area contributed by atoms with Gasteiger partial charge in [-0.25, -0.2) is 4.39 Å². The zero-order chi connectivity index (χ0) is 13.1. The van der Waals surface area contributed by atoms with Gasteiger partial charge in [0.2, 0.25) is 0 Å². The second-order valence-electron chi connectivity index (χ2n) is 4.27. The van der Waals surface area contributed by atoms with Gasteiger partial charge in [-0.1, -0.05) is 12.1 Å². The van der Waals surface area contributed by atoms with Gasteiger partial charge in [-0.2, -0.15) is 5.10 Å². The molecule has 96 valence electrons. The van der Waals surface area contributed by atoms with Gasteiger partial charge in [-0.15, -0.1) is 0 Å². The lowest BCUT2D eigenvalue weighted by Crippen LogP contribution is -2.10. The molecule has 1 aromatic heterocycles. The van der Waals surface area contributed by atoms with Crippen molar-refractivity contribution in [1.29, 1.82) is 0 Å². The van der Waals surface area contributed by atoms with Crippen LogP contribution >= 0.6 is 0 Å². The van der Waals surface area contributed by atoms with E-state index >= 15 is 0 Å². The lowest BCUT2D eigenvalue weighted by Gasteiger charge is -2.07. The summed E-state index contributed by atoms with van der Waals surface area (Å²) in [6.45, 7) is 2.61. The Balaban J connectivity index is 1.94. The molecule has 0 unspecified atom stereocenters. The van der Waals surface area contributed by atoms with Crippen LogP contribution in [0.4, 0.5) is 15.9 Å². The van der Waals surface area contributed by atoms with Crippen LogP contribution in [-0.4, -0.2) is 16.3 Å². The summed E-state index contributed by atoms with van der Waals surface area (Å²) in [5, 5.41) is 7.47. The number of halogens is 1. The van der Waals surface area contributed by atoms with Crippen LogP contribution in [0, 0.1) is 12.7 Å². The van der Waals surface area contributed by atoms with Crippen molar-refractivity contribution in [2.24, 2.45) is 7.05 Å². The normalized spacial score (nSPS) is 10.6. The molecule has 1 aromatic carbocycles. The quantitative estimate of drug-likeness (QED) is 0.871. The molecular formula is C13H17FN4. The molecule has 2 rings (SSSR count). The fourth-order valence-corrected chi connectivity index (χ4v) is 1.86. The molecule has 0 aliphatic rings. The Hall–Kier alpha value is -2.04. The van der Waals surface area contributed by atoms with Crippen molar-refractivity contribution in [3.05, 3.63) is 41.3 Å². The van der Waals surface area contributed by atoms with E-state index in [-0.39, 0.29) is 5.82 Å². The minimum absolute atomic E-state index is 0.210. The van der Waals surface area contributed by atoms with Gasteiger partial charge in [0, 0.05) is 13.6 Å². The second kappa shape index (κ2) is 5.08. The lowest BCUT2D eigenvalue weighted by atomic mass is 10.1. The van der Waals surface area contributed by atoms with Gasteiger partial charge >= 0.3 is 0 Å². The molecule has 0 saturated carbocycles. The Kier molecular flexibility index (Phi) is 3.50. The molecule has 0 atom stereocenters. The summed E-state index contributed by atoms with van der Waals surface area (Å²) in [5.74, 6) is 0.618. The number of aromatic nitrogens is 2. The van der Waals surface area contributed by atoms with E-state index in [0.717, 1.165) is 30.0 Å². The zero-order valence-electron chi connectivity index (χ0n) is 10.6. The Bertz CT molecular complexity index is 531. The zero-order valence-corrected chi connectivity index (χ0v) is 10.6. The number of rotatable bonds is 4. The highest BCUT2D eigenvalue weighted by atomic mass is 19.1. The van der Waals surface area contributed by atoms with E-state index in [0.29, 0.717) is 5.69 Å². The molecule has 3 N–H and O–H groups in total. The number of hydrogen-bond donors (Lipinski definition) is 2. The molecule has 18 heavy (non-hydrogen) atoms. The van der Waals surface area contributed by atoms with Crippen LogP contribution in [0.5, 0.6) is 0 Å². The number of anilines is 2. The van der Waals surface area contributed by atoms with Gasteiger partial charge in [0.1, 0.15) is 11.6 Å². The number of aryl methyl sites for hydroxylation is 2. The number of nitrogens with two attached hydrogens (primary N) is 1. The third kappa shape index (κ3) is 2.61. The fraction of sp³-hybridized carbons (Fsp3) is 0.308. The predicted molar refractivity (Wildman–Crippen MR) is 71.0 cm³/mol. The molecular weight excluding hydrogens is 231 g/mol. The molecule has 0 spiro atoms. The van der Waals surface area contributed by atoms with Gasteiger partial charge in [0.25, 0.3) is 0 Å². The van der Waals surface area contributed by atoms with Gasteiger partial charge in [-0.05, 0) is 31.0 Å². The van der Waals surface area contributed by atoms with Crippen molar-refractivity contribution in [2.75, 3.05) is 17.6 Å². The Morgan fingerprint density at radius 2 is 2.00 bits per heavy atom. The number of nitrogen functional groups attached to an aromatic ring is 1. The van der Waals surface area contributed by atoms with Crippen LogP contribution in [0.25, 0.3) is 0 Å². The first kappa shape index (κ1) is 12.4. The smallest absolute Gasteiger partial charge is 0.147 e. The Labute approximate surface area is 106 Å². The summed E-state index contributed by atoms with van der Waals surface area (Å²) in [5.41, 5.74) is 8.49. The van der Waals surface area contributed by atoms with E-state index in [1.165, 1.54) is 12.1 Å². The summed E-state index contributed by atoms with van der Waals surface area (Å²) < 4.78 is 14.5. The lowest BCUT2D eigenvalue weighted by molar-refractivity contribution is 0.627. The third-order valence-electron chi connectivity index (χ3n) is 2.89. The van der Waals surface area contributed by atoms with Crippen LogP contribution < -0.4 is 11.1 Å². The minimum Gasteiger partial charge on any atom is -0.394 e. The standard InChI is InChI=1S/C13H17FN4/c1-9-12(15)13(18(2)17-9)16-8-7-10-3-5-11(14)6-4-10/h3-6,16H,7-8,15H2,1-2H3. The highest BCUT2D eigenvalue weighted by Crippen LogP contribution is 2.20. The molecule has 1 heterocycles. The van der Waals surface area contributed by atoms with Crippen LogP contribution in [0.1, 0.15) is 11.3 Å². The summed E-state index contributed by atoms with van der Waals surface area (Å²) in [6.07, 6.45) is 0.809. The highest BCUT2D eigenvalue weighted by Gasteiger charge is 2.08. The molecule has 4 nitrogen and oxygen atoms in total. The van der Waals surface area contributed by atoms with E-state index < -0.39 is 0 Å². The molecule has 0 bridgehead atoms. The molecule has 0 amide bonds. The summed E-state index contributed by atoms with van der Waals surface area (Å²) >= 11 is 0. The number of nitrogens with zero attached hydrogens (tertiary/aromatic N) is 2. The van der Waals surface area contributed by atoms with E-state index in [1.54, 1.807) is 16.8 Å². The number of benzene rings is 1. The average molecular weight is 248 g/mol. The predicted octanol–water partition coefficient (Wildman–Crippen LogP) is 2.10. The van der Waals surface area contributed by atoms with Crippen molar-refractivity contribution in [3.8, 4) is 0 Å². The van der Waals surface area contributed by atoms with Crippen molar-refractivity contribution in [2.45, 2.75) is 13.3 Å². The third-order valence-corrected chi connectivity index (χ3v) is 2.89. The maximum Gasteiger partial charge on any atom is 0.147 e. The molecule has 2 aromatic rings. The maximum absolute atomic E-state index is 12.7. The molecule has 0 aliphatic heterocycles. The van der Waals surface area contributed by atoms with Crippen molar-refractivity contribution >= 4 is 11.5 Å².